The summed E-state index contributed by atoms with van der Waals surface area (Å²) >= 11 is 0. The number of nitrogens with zero attached hydrogens (tertiary/aromatic N) is 5. The van der Waals surface area contributed by atoms with Crippen LogP contribution in [0.5, 0.6) is 0 Å². The van der Waals surface area contributed by atoms with Crippen LogP contribution in [0.4, 0.5) is 5.69 Å². The Morgan fingerprint density at radius 2 is 2.32 bits per heavy atom. The minimum Gasteiger partial charge on any atom is -0.383 e. The molecule has 122 valence electrons. The number of aryl methyl sites for hydroxylation is 1. The van der Waals surface area contributed by atoms with E-state index in [4.69, 9.17) is 4.74 Å². The van der Waals surface area contributed by atoms with Crippen molar-refractivity contribution in [2.45, 2.75) is 6.92 Å². The number of aromatic nitrogens is 2. The number of rotatable bonds is 5. The summed E-state index contributed by atoms with van der Waals surface area (Å²) in [5.74, 6) is 0.815. The smallest absolute Gasteiger partial charge is 0.246 e. The molecule has 1 aliphatic heterocycles. The van der Waals surface area contributed by atoms with Gasteiger partial charge in [-0.2, -0.15) is 5.10 Å². The molecule has 0 radical (unpaired) electrons. The lowest BCUT2D eigenvalue weighted by atomic mass is 10.3. The van der Waals surface area contributed by atoms with Crippen LogP contribution in [0.1, 0.15) is 6.92 Å². The monoisotopic (exact) mass is 308 g/mol. The van der Waals surface area contributed by atoms with Crippen molar-refractivity contribution in [3.8, 4) is 0 Å². The Hall–Kier alpha value is -2.09. The van der Waals surface area contributed by atoms with Crippen LogP contribution in [0.15, 0.2) is 17.4 Å². The maximum atomic E-state index is 12.4. The predicted octanol–water partition coefficient (Wildman–Crippen LogP) is -0.319. The number of methoxy groups -OCH3 is 1. The van der Waals surface area contributed by atoms with Gasteiger partial charge in [-0.1, -0.05) is 0 Å². The first-order valence-corrected chi connectivity index (χ1v) is 7.47. The number of guanidine groups is 1. The molecule has 1 fully saturated rings. The number of anilines is 1. The fourth-order valence-electron chi connectivity index (χ4n) is 2.34. The average molecular weight is 308 g/mol. The fraction of sp³-hybridized carbons (Fsp3) is 0.643. The lowest BCUT2D eigenvalue weighted by Crippen LogP contribution is -2.55. The van der Waals surface area contributed by atoms with Gasteiger partial charge in [-0.25, -0.2) is 0 Å². The number of hydrogen-bond acceptors (Lipinski definition) is 4. The van der Waals surface area contributed by atoms with Gasteiger partial charge >= 0.3 is 0 Å². The van der Waals surface area contributed by atoms with Crippen molar-refractivity contribution >= 4 is 17.6 Å². The minimum absolute atomic E-state index is 0.0524. The van der Waals surface area contributed by atoms with E-state index in [0.717, 1.165) is 24.7 Å². The van der Waals surface area contributed by atoms with Crippen molar-refractivity contribution in [3.05, 3.63) is 12.4 Å². The molecular weight excluding hydrogens is 284 g/mol. The molecule has 0 aromatic carbocycles. The van der Waals surface area contributed by atoms with Gasteiger partial charge in [0.2, 0.25) is 5.91 Å². The highest BCUT2D eigenvalue weighted by Gasteiger charge is 2.27. The van der Waals surface area contributed by atoms with Gasteiger partial charge in [-0.15, -0.1) is 0 Å². The number of amides is 1. The number of carbonyl (C=O) groups is 1. The summed E-state index contributed by atoms with van der Waals surface area (Å²) < 4.78 is 6.72. The Morgan fingerprint density at radius 1 is 1.50 bits per heavy atom. The van der Waals surface area contributed by atoms with Crippen molar-refractivity contribution in [2.24, 2.45) is 12.0 Å². The van der Waals surface area contributed by atoms with Crippen molar-refractivity contribution in [1.29, 1.82) is 0 Å². The van der Waals surface area contributed by atoms with E-state index in [1.54, 1.807) is 22.9 Å². The van der Waals surface area contributed by atoms with E-state index in [0.29, 0.717) is 26.2 Å². The van der Waals surface area contributed by atoms with Crippen LogP contribution in [-0.2, 0) is 16.6 Å². The highest BCUT2D eigenvalue weighted by atomic mass is 16.5. The topological polar surface area (TPSA) is 75.0 Å². The summed E-state index contributed by atoms with van der Waals surface area (Å²) in [5, 5.41) is 7.34. The molecule has 8 nitrogen and oxygen atoms in total. The van der Waals surface area contributed by atoms with Gasteiger partial charge < -0.3 is 19.9 Å². The Kier molecular flexibility index (Phi) is 5.76. The molecule has 0 atom stereocenters. The molecule has 0 saturated carbocycles. The van der Waals surface area contributed by atoms with E-state index in [9.17, 15) is 4.79 Å². The number of piperazine rings is 1. The van der Waals surface area contributed by atoms with Crippen LogP contribution in [0.2, 0.25) is 0 Å². The van der Waals surface area contributed by atoms with Crippen LogP contribution in [-0.4, -0.2) is 73.0 Å². The average Bonchev–Trinajstić information content (AvgIpc) is 2.93. The quantitative estimate of drug-likeness (QED) is 0.458. The van der Waals surface area contributed by atoms with E-state index in [1.807, 2.05) is 25.1 Å². The Labute approximate surface area is 130 Å². The molecule has 1 aliphatic rings. The maximum absolute atomic E-state index is 12.4. The van der Waals surface area contributed by atoms with Gasteiger partial charge in [0.15, 0.2) is 5.96 Å². The summed E-state index contributed by atoms with van der Waals surface area (Å²) in [4.78, 5) is 20.6. The van der Waals surface area contributed by atoms with Crippen LogP contribution in [0.25, 0.3) is 0 Å². The zero-order valence-corrected chi connectivity index (χ0v) is 13.4. The molecule has 0 aliphatic carbocycles. The molecule has 1 N–H and O–H groups in total. The SMILES string of the molecule is CCNC(=NCCOC)N1CCN(c2cnn(C)c2)C(=O)C1. The summed E-state index contributed by atoms with van der Waals surface area (Å²) in [6, 6.07) is 0. The molecule has 1 amide bonds. The molecular formula is C14H24N6O2. The van der Waals surface area contributed by atoms with Crippen LogP contribution >= 0.6 is 0 Å². The molecule has 2 rings (SSSR count). The first kappa shape index (κ1) is 16.3. The number of aliphatic imine (C=N–C) groups is 1. The van der Waals surface area contributed by atoms with Gasteiger partial charge in [0.25, 0.3) is 0 Å². The van der Waals surface area contributed by atoms with Crippen molar-refractivity contribution in [1.82, 2.24) is 20.0 Å². The predicted molar refractivity (Wildman–Crippen MR) is 85.0 cm³/mol. The second-order valence-corrected chi connectivity index (χ2v) is 5.07. The summed E-state index contributed by atoms with van der Waals surface area (Å²) in [7, 11) is 3.49. The third-order valence-electron chi connectivity index (χ3n) is 3.42. The highest BCUT2D eigenvalue weighted by molar-refractivity contribution is 5.98. The standard InChI is InChI=1S/C14H24N6O2/c1-4-15-14(16-5-8-22-3)19-6-7-20(13(21)11-19)12-9-17-18(2)10-12/h9-10H,4-8,11H2,1-3H3,(H,15,16). The Bertz CT molecular complexity index is 527. The molecule has 22 heavy (non-hydrogen) atoms. The minimum atomic E-state index is 0.0524. The van der Waals surface area contributed by atoms with E-state index < -0.39 is 0 Å². The zero-order valence-electron chi connectivity index (χ0n) is 13.4. The maximum Gasteiger partial charge on any atom is 0.246 e. The fourth-order valence-corrected chi connectivity index (χ4v) is 2.34. The van der Waals surface area contributed by atoms with E-state index >= 15 is 0 Å². The number of ether oxygens (including phenoxy) is 1. The zero-order chi connectivity index (χ0) is 15.9. The molecule has 1 aromatic heterocycles. The molecule has 0 spiro atoms. The lowest BCUT2D eigenvalue weighted by molar-refractivity contribution is -0.120. The van der Waals surface area contributed by atoms with Gasteiger partial charge in [0.1, 0.15) is 6.54 Å². The second-order valence-electron chi connectivity index (χ2n) is 5.07. The molecule has 0 bridgehead atoms. The van der Waals surface area contributed by atoms with Gasteiger partial charge in [-0.05, 0) is 6.92 Å². The van der Waals surface area contributed by atoms with Crippen molar-refractivity contribution in [3.63, 3.8) is 0 Å². The number of nitrogens with one attached hydrogen (secondary N) is 1. The number of carbonyl (C=O) groups excluding carboxylic acids is 1. The normalized spacial score (nSPS) is 16.3. The molecule has 2 heterocycles. The molecule has 1 saturated heterocycles. The van der Waals surface area contributed by atoms with Crippen molar-refractivity contribution < 1.29 is 9.53 Å². The first-order valence-electron chi connectivity index (χ1n) is 7.47. The first-order chi connectivity index (χ1) is 10.7. The van der Waals surface area contributed by atoms with Gasteiger partial charge in [-0.3, -0.25) is 14.5 Å². The van der Waals surface area contributed by atoms with E-state index in [-0.39, 0.29) is 5.91 Å². The van der Waals surface area contributed by atoms with Gasteiger partial charge in [0, 0.05) is 40.0 Å². The molecule has 0 unspecified atom stereocenters. The van der Waals surface area contributed by atoms with Crippen LogP contribution in [0.3, 0.4) is 0 Å². The van der Waals surface area contributed by atoms with Crippen molar-refractivity contribution in [2.75, 3.05) is 51.3 Å². The van der Waals surface area contributed by atoms with E-state index in [1.165, 1.54) is 0 Å². The summed E-state index contributed by atoms with van der Waals surface area (Å²) in [6.07, 6.45) is 3.57. The lowest BCUT2D eigenvalue weighted by Gasteiger charge is -2.35. The molecule has 8 heteroatoms. The third kappa shape index (κ3) is 3.97. The highest BCUT2D eigenvalue weighted by Crippen LogP contribution is 2.15. The van der Waals surface area contributed by atoms with Crippen LogP contribution in [0, 0.1) is 0 Å². The summed E-state index contributed by atoms with van der Waals surface area (Å²) in [5.41, 5.74) is 0.841. The Balaban J connectivity index is 2.00. The second kappa shape index (κ2) is 7.79. The van der Waals surface area contributed by atoms with Crippen LogP contribution < -0.4 is 10.2 Å². The van der Waals surface area contributed by atoms with E-state index in [2.05, 4.69) is 15.4 Å². The largest absolute Gasteiger partial charge is 0.383 e. The third-order valence-corrected chi connectivity index (χ3v) is 3.42. The number of hydrogen-bond donors (Lipinski definition) is 1. The summed E-state index contributed by atoms with van der Waals surface area (Å²) in [6.45, 7) is 5.60. The molecule has 1 aromatic rings. The van der Waals surface area contributed by atoms with Gasteiger partial charge in [0.05, 0.1) is 25.0 Å². The Morgan fingerprint density at radius 3 is 2.91 bits per heavy atom.